The van der Waals surface area contributed by atoms with Crippen LogP contribution in [-0.2, 0) is 25.7 Å². The van der Waals surface area contributed by atoms with Crippen LogP contribution in [0, 0.1) is 0 Å². The Kier molecular flexibility index (Phi) is 9.41. The summed E-state index contributed by atoms with van der Waals surface area (Å²) in [5.41, 5.74) is 5.97. The van der Waals surface area contributed by atoms with Crippen LogP contribution < -0.4 is 0 Å². The molecule has 0 aliphatic carbocycles. The maximum absolute atomic E-state index is 2.33. The van der Waals surface area contributed by atoms with E-state index in [1.165, 1.54) is 92.9 Å². The molecule has 0 heteroatoms. The third-order valence-electron chi connectivity index (χ3n) is 5.05. The first-order valence-electron chi connectivity index (χ1n) is 10.5. The highest BCUT2D eigenvalue weighted by Crippen LogP contribution is 2.14. The first-order valence-corrected chi connectivity index (χ1v) is 10.5. The Morgan fingerprint density at radius 1 is 0.400 bits per heavy atom. The summed E-state index contributed by atoms with van der Waals surface area (Å²) >= 11 is 0. The maximum atomic E-state index is 2.33. The van der Waals surface area contributed by atoms with Gasteiger partial charge in [-0.25, -0.2) is 0 Å². The Hall–Kier alpha value is -1.56. The lowest BCUT2D eigenvalue weighted by molar-refractivity contribution is 0.613. The molecule has 0 aromatic heterocycles. The average Bonchev–Trinajstić information content (AvgIpc) is 2.64. The first-order chi connectivity index (χ1) is 12.3. The summed E-state index contributed by atoms with van der Waals surface area (Å²) in [6.07, 6.45) is 14.2. The van der Waals surface area contributed by atoms with Gasteiger partial charge < -0.3 is 0 Å². The molecule has 2 aromatic carbocycles. The summed E-state index contributed by atoms with van der Waals surface area (Å²) in [5.74, 6) is 0. The fraction of sp³-hybridized carbons (Fsp3) is 0.520. The molecule has 0 nitrogen and oxygen atoms in total. The van der Waals surface area contributed by atoms with Crippen LogP contribution in [0.5, 0.6) is 0 Å². The predicted molar refractivity (Wildman–Crippen MR) is 111 cm³/mol. The standard InChI is InChI=1S/C25H36/c1-3-10-22-14-18-24(19-15-22)12-8-6-5-7-9-13-25-20-16-23(11-4-2)17-21-25/h14-21H,3-13H2,1-2H3. The molecule has 25 heavy (non-hydrogen) atoms. The van der Waals surface area contributed by atoms with E-state index in [-0.39, 0.29) is 0 Å². The van der Waals surface area contributed by atoms with Crippen molar-refractivity contribution in [2.45, 2.75) is 84.5 Å². The van der Waals surface area contributed by atoms with E-state index in [0.29, 0.717) is 0 Å². The van der Waals surface area contributed by atoms with E-state index in [2.05, 4.69) is 62.4 Å². The number of hydrogen-bond acceptors (Lipinski definition) is 0. The summed E-state index contributed by atoms with van der Waals surface area (Å²) in [6, 6.07) is 18.5. The highest BCUT2D eigenvalue weighted by molar-refractivity contribution is 5.23. The maximum Gasteiger partial charge on any atom is -0.0279 e. The molecule has 0 aliphatic heterocycles. The van der Waals surface area contributed by atoms with Crippen molar-refractivity contribution in [1.82, 2.24) is 0 Å². The largest absolute Gasteiger partial charge is 0.0651 e. The molecule has 0 heterocycles. The topological polar surface area (TPSA) is 0 Å². The van der Waals surface area contributed by atoms with Crippen molar-refractivity contribution in [3.8, 4) is 0 Å². The fourth-order valence-corrected chi connectivity index (χ4v) is 3.51. The van der Waals surface area contributed by atoms with Crippen molar-refractivity contribution in [1.29, 1.82) is 0 Å². The monoisotopic (exact) mass is 336 g/mol. The van der Waals surface area contributed by atoms with Crippen LogP contribution in [0.25, 0.3) is 0 Å². The van der Waals surface area contributed by atoms with Crippen LogP contribution in [0.2, 0.25) is 0 Å². The van der Waals surface area contributed by atoms with Gasteiger partial charge in [-0.05, 0) is 60.8 Å². The third kappa shape index (κ3) is 7.90. The van der Waals surface area contributed by atoms with Gasteiger partial charge >= 0.3 is 0 Å². The Labute approximate surface area is 155 Å². The summed E-state index contributed by atoms with van der Waals surface area (Å²) in [7, 11) is 0. The lowest BCUT2D eigenvalue weighted by Gasteiger charge is -2.05. The summed E-state index contributed by atoms with van der Waals surface area (Å²) in [6.45, 7) is 4.49. The molecule has 0 spiro atoms. The van der Waals surface area contributed by atoms with E-state index in [1.54, 1.807) is 0 Å². The van der Waals surface area contributed by atoms with Crippen molar-refractivity contribution in [2.24, 2.45) is 0 Å². The number of benzene rings is 2. The minimum Gasteiger partial charge on any atom is -0.0651 e. The number of aryl methyl sites for hydroxylation is 4. The zero-order chi connectivity index (χ0) is 17.7. The van der Waals surface area contributed by atoms with E-state index in [9.17, 15) is 0 Å². The molecule has 0 saturated carbocycles. The van der Waals surface area contributed by atoms with E-state index in [0.717, 1.165) is 0 Å². The van der Waals surface area contributed by atoms with Gasteiger partial charge in [-0.1, -0.05) is 94.5 Å². The number of hydrogen-bond donors (Lipinski definition) is 0. The van der Waals surface area contributed by atoms with Gasteiger partial charge in [0.25, 0.3) is 0 Å². The Morgan fingerprint density at radius 2 is 0.680 bits per heavy atom. The van der Waals surface area contributed by atoms with Crippen LogP contribution in [-0.4, -0.2) is 0 Å². The zero-order valence-electron chi connectivity index (χ0n) is 16.4. The summed E-state index contributed by atoms with van der Waals surface area (Å²) in [5, 5.41) is 0. The summed E-state index contributed by atoms with van der Waals surface area (Å²) in [4.78, 5) is 0. The molecule has 0 N–H and O–H groups in total. The van der Waals surface area contributed by atoms with Gasteiger partial charge in [0.05, 0.1) is 0 Å². The first kappa shape index (κ1) is 19.8. The SMILES string of the molecule is CCCc1ccc(CCCCCCCc2ccc(CCC)cc2)cc1. The Balaban J connectivity index is 1.53. The minimum absolute atomic E-state index is 1.21. The van der Waals surface area contributed by atoms with Crippen LogP contribution in [0.4, 0.5) is 0 Å². The average molecular weight is 337 g/mol. The molecular weight excluding hydrogens is 300 g/mol. The quantitative estimate of drug-likeness (QED) is 0.356. The number of rotatable bonds is 12. The molecule has 0 unspecified atom stereocenters. The van der Waals surface area contributed by atoms with Crippen molar-refractivity contribution < 1.29 is 0 Å². The van der Waals surface area contributed by atoms with E-state index in [1.807, 2.05) is 0 Å². The van der Waals surface area contributed by atoms with E-state index >= 15 is 0 Å². The van der Waals surface area contributed by atoms with Gasteiger partial charge in [0, 0.05) is 0 Å². The highest BCUT2D eigenvalue weighted by atomic mass is 14.0. The van der Waals surface area contributed by atoms with Crippen molar-refractivity contribution in [3.63, 3.8) is 0 Å². The fourth-order valence-electron chi connectivity index (χ4n) is 3.51. The molecular formula is C25H36. The molecule has 0 aliphatic rings. The minimum atomic E-state index is 1.21. The van der Waals surface area contributed by atoms with Gasteiger partial charge in [0.2, 0.25) is 0 Å². The van der Waals surface area contributed by atoms with Crippen LogP contribution in [0.1, 0.15) is 81.0 Å². The number of unbranched alkanes of at least 4 members (excludes halogenated alkanes) is 4. The molecule has 0 saturated heterocycles. The molecule has 2 rings (SSSR count). The van der Waals surface area contributed by atoms with Crippen molar-refractivity contribution in [2.75, 3.05) is 0 Å². The van der Waals surface area contributed by atoms with Gasteiger partial charge in [-0.3, -0.25) is 0 Å². The van der Waals surface area contributed by atoms with Gasteiger partial charge in [0.15, 0.2) is 0 Å². The second-order valence-corrected chi connectivity index (χ2v) is 7.40. The molecule has 136 valence electrons. The zero-order valence-corrected chi connectivity index (χ0v) is 16.4. The van der Waals surface area contributed by atoms with Gasteiger partial charge in [-0.15, -0.1) is 0 Å². The Morgan fingerprint density at radius 3 is 1.00 bits per heavy atom. The van der Waals surface area contributed by atoms with Gasteiger partial charge in [0.1, 0.15) is 0 Å². The van der Waals surface area contributed by atoms with Crippen molar-refractivity contribution in [3.05, 3.63) is 70.8 Å². The Bertz CT molecular complexity index is 508. The van der Waals surface area contributed by atoms with Crippen LogP contribution in [0.3, 0.4) is 0 Å². The molecule has 2 aromatic rings. The normalized spacial score (nSPS) is 11.0. The molecule has 0 atom stereocenters. The van der Waals surface area contributed by atoms with Crippen molar-refractivity contribution >= 4 is 0 Å². The molecule has 0 radical (unpaired) electrons. The van der Waals surface area contributed by atoms with Crippen LogP contribution >= 0.6 is 0 Å². The lowest BCUT2D eigenvalue weighted by Crippen LogP contribution is -1.90. The highest BCUT2D eigenvalue weighted by Gasteiger charge is 1.98. The van der Waals surface area contributed by atoms with Crippen LogP contribution in [0.15, 0.2) is 48.5 Å². The second kappa shape index (κ2) is 11.9. The second-order valence-electron chi connectivity index (χ2n) is 7.40. The lowest BCUT2D eigenvalue weighted by atomic mass is 10.0. The smallest absolute Gasteiger partial charge is 0.0279 e. The molecule has 0 fully saturated rings. The van der Waals surface area contributed by atoms with E-state index < -0.39 is 0 Å². The predicted octanol–water partition coefficient (Wildman–Crippen LogP) is 7.33. The third-order valence-corrected chi connectivity index (χ3v) is 5.05. The van der Waals surface area contributed by atoms with Gasteiger partial charge in [-0.2, -0.15) is 0 Å². The molecule has 0 amide bonds. The molecule has 0 bridgehead atoms. The summed E-state index contributed by atoms with van der Waals surface area (Å²) < 4.78 is 0. The van der Waals surface area contributed by atoms with E-state index in [4.69, 9.17) is 0 Å².